The molecule has 5 nitrogen and oxygen atoms in total. The SMILES string of the molecule is CNCC1CCCN1Cc1nc(-c2ccc(F)cc2)no1.Cl. The minimum Gasteiger partial charge on any atom is -0.338 e. The van der Waals surface area contributed by atoms with Crippen LogP contribution >= 0.6 is 12.4 Å². The molecule has 0 radical (unpaired) electrons. The topological polar surface area (TPSA) is 54.2 Å². The third-order valence-corrected chi connectivity index (χ3v) is 3.85. The molecule has 3 rings (SSSR count). The fourth-order valence-corrected chi connectivity index (χ4v) is 2.78. The maximum atomic E-state index is 12.9. The first-order valence-corrected chi connectivity index (χ1v) is 7.23. The fraction of sp³-hybridized carbons (Fsp3) is 0.467. The molecule has 2 aromatic rings. The van der Waals surface area contributed by atoms with Gasteiger partial charge in [0, 0.05) is 18.2 Å². The van der Waals surface area contributed by atoms with Crippen molar-refractivity contribution in [3.05, 3.63) is 36.0 Å². The Kier molecular flexibility index (Phi) is 5.88. The molecule has 0 bridgehead atoms. The van der Waals surface area contributed by atoms with Crippen LogP contribution < -0.4 is 5.32 Å². The van der Waals surface area contributed by atoms with Gasteiger partial charge in [0.2, 0.25) is 11.7 Å². The van der Waals surface area contributed by atoms with Crippen molar-refractivity contribution >= 4 is 12.4 Å². The molecule has 1 fully saturated rings. The third kappa shape index (κ3) is 3.82. The van der Waals surface area contributed by atoms with Crippen LogP contribution in [-0.4, -0.2) is 41.2 Å². The summed E-state index contributed by atoms with van der Waals surface area (Å²) in [6, 6.07) is 6.63. The van der Waals surface area contributed by atoms with E-state index in [4.69, 9.17) is 4.52 Å². The Morgan fingerprint density at radius 3 is 2.86 bits per heavy atom. The highest BCUT2D eigenvalue weighted by Crippen LogP contribution is 2.21. The van der Waals surface area contributed by atoms with Gasteiger partial charge in [-0.15, -0.1) is 12.4 Å². The first-order chi connectivity index (χ1) is 10.3. The van der Waals surface area contributed by atoms with Crippen molar-refractivity contribution in [3.63, 3.8) is 0 Å². The average Bonchev–Trinajstić information content (AvgIpc) is 3.11. The second-order valence-electron chi connectivity index (χ2n) is 5.34. The average molecular weight is 327 g/mol. The van der Waals surface area contributed by atoms with E-state index in [1.807, 2.05) is 7.05 Å². The first-order valence-electron chi connectivity index (χ1n) is 7.23. The molecule has 22 heavy (non-hydrogen) atoms. The molecule has 1 N–H and O–H groups in total. The first kappa shape index (κ1) is 16.9. The molecule has 1 aliphatic heterocycles. The van der Waals surface area contributed by atoms with Crippen LogP contribution in [0.4, 0.5) is 4.39 Å². The number of rotatable bonds is 5. The Balaban J connectivity index is 0.00000176. The van der Waals surface area contributed by atoms with Crippen molar-refractivity contribution in [2.75, 3.05) is 20.1 Å². The van der Waals surface area contributed by atoms with Gasteiger partial charge in [-0.25, -0.2) is 4.39 Å². The lowest BCUT2D eigenvalue weighted by atomic mass is 10.2. The van der Waals surface area contributed by atoms with Crippen LogP contribution in [0.2, 0.25) is 0 Å². The van der Waals surface area contributed by atoms with Crippen LogP contribution in [0.25, 0.3) is 11.4 Å². The minimum absolute atomic E-state index is 0. The number of nitrogens with one attached hydrogen (secondary N) is 1. The van der Waals surface area contributed by atoms with E-state index in [-0.39, 0.29) is 18.2 Å². The number of likely N-dealkylation sites (N-methyl/N-ethyl adjacent to an activating group) is 1. The van der Waals surface area contributed by atoms with Gasteiger partial charge >= 0.3 is 0 Å². The van der Waals surface area contributed by atoms with Gasteiger partial charge in [-0.2, -0.15) is 4.98 Å². The molecule has 2 heterocycles. The summed E-state index contributed by atoms with van der Waals surface area (Å²) in [5.74, 6) is 0.848. The molecular weight excluding hydrogens is 307 g/mol. The molecule has 1 unspecified atom stereocenters. The molecule has 1 aliphatic rings. The van der Waals surface area contributed by atoms with Crippen LogP contribution in [0.3, 0.4) is 0 Å². The second-order valence-corrected chi connectivity index (χ2v) is 5.34. The van der Waals surface area contributed by atoms with Gasteiger partial charge in [0.05, 0.1) is 6.54 Å². The zero-order valence-electron chi connectivity index (χ0n) is 12.5. The number of nitrogens with zero attached hydrogens (tertiary/aromatic N) is 3. The molecule has 1 atom stereocenters. The van der Waals surface area contributed by atoms with Crippen molar-refractivity contribution in [3.8, 4) is 11.4 Å². The van der Waals surface area contributed by atoms with Gasteiger partial charge in [-0.05, 0) is 50.7 Å². The van der Waals surface area contributed by atoms with Crippen LogP contribution in [0.5, 0.6) is 0 Å². The van der Waals surface area contributed by atoms with Crippen molar-refractivity contribution in [1.82, 2.24) is 20.4 Å². The van der Waals surface area contributed by atoms with Crippen LogP contribution in [0.15, 0.2) is 28.8 Å². The minimum atomic E-state index is -0.269. The predicted molar refractivity (Wildman–Crippen MR) is 84.3 cm³/mol. The summed E-state index contributed by atoms with van der Waals surface area (Å²) in [6.45, 7) is 2.69. The zero-order chi connectivity index (χ0) is 14.7. The summed E-state index contributed by atoms with van der Waals surface area (Å²) >= 11 is 0. The van der Waals surface area contributed by atoms with Crippen molar-refractivity contribution in [1.29, 1.82) is 0 Å². The number of halogens is 2. The highest BCUT2D eigenvalue weighted by atomic mass is 35.5. The van der Waals surface area contributed by atoms with Gasteiger partial charge in [-0.1, -0.05) is 5.16 Å². The number of aromatic nitrogens is 2. The summed E-state index contributed by atoms with van der Waals surface area (Å²) in [5.41, 5.74) is 0.764. The van der Waals surface area contributed by atoms with Crippen molar-refractivity contribution in [2.24, 2.45) is 0 Å². The van der Waals surface area contributed by atoms with Crippen LogP contribution in [0.1, 0.15) is 18.7 Å². The molecular formula is C15H20ClFN4O. The summed E-state index contributed by atoms with van der Waals surface area (Å²) in [5, 5.41) is 7.20. The van der Waals surface area contributed by atoms with E-state index in [0.29, 0.717) is 24.3 Å². The third-order valence-electron chi connectivity index (χ3n) is 3.85. The predicted octanol–water partition coefficient (Wildman–Crippen LogP) is 2.48. The molecule has 1 saturated heterocycles. The second kappa shape index (κ2) is 7.67. The highest BCUT2D eigenvalue weighted by molar-refractivity contribution is 5.85. The van der Waals surface area contributed by atoms with E-state index in [9.17, 15) is 4.39 Å². The van der Waals surface area contributed by atoms with E-state index < -0.39 is 0 Å². The van der Waals surface area contributed by atoms with Gasteiger partial charge in [-0.3, -0.25) is 4.90 Å². The normalized spacial score (nSPS) is 18.4. The largest absolute Gasteiger partial charge is 0.338 e. The Morgan fingerprint density at radius 1 is 1.36 bits per heavy atom. The number of hydrogen-bond acceptors (Lipinski definition) is 5. The fourth-order valence-electron chi connectivity index (χ4n) is 2.78. The Morgan fingerprint density at radius 2 is 2.14 bits per heavy atom. The lowest BCUT2D eigenvalue weighted by Crippen LogP contribution is -2.36. The Bertz CT molecular complexity index is 589. The maximum Gasteiger partial charge on any atom is 0.241 e. The highest BCUT2D eigenvalue weighted by Gasteiger charge is 2.25. The Labute approximate surface area is 135 Å². The molecule has 1 aromatic heterocycles. The molecule has 0 amide bonds. The van der Waals surface area contributed by atoms with Gasteiger partial charge in [0.15, 0.2) is 0 Å². The molecule has 0 aliphatic carbocycles. The lowest BCUT2D eigenvalue weighted by molar-refractivity contribution is 0.209. The van der Waals surface area contributed by atoms with E-state index in [1.54, 1.807) is 12.1 Å². The smallest absolute Gasteiger partial charge is 0.241 e. The molecule has 0 spiro atoms. The van der Waals surface area contributed by atoms with Crippen molar-refractivity contribution in [2.45, 2.75) is 25.4 Å². The number of likely N-dealkylation sites (tertiary alicyclic amines) is 1. The molecule has 1 aromatic carbocycles. The molecule has 7 heteroatoms. The zero-order valence-corrected chi connectivity index (χ0v) is 13.3. The van der Waals surface area contributed by atoms with E-state index >= 15 is 0 Å². The monoisotopic (exact) mass is 326 g/mol. The van der Waals surface area contributed by atoms with Gasteiger partial charge in [0.1, 0.15) is 5.82 Å². The van der Waals surface area contributed by atoms with Crippen LogP contribution in [-0.2, 0) is 6.54 Å². The van der Waals surface area contributed by atoms with Crippen molar-refractivity contribution < 1.29 is 8.91 Å². The lowest BCUT2D eigenvalue weighted by Gasteiger charge is -2.22. The van der Waals surface area contributed by atoms with E-state index in [0.717, 1.165) is 18.7 Å². The number of benzene rings is 1. The van der Waals surface area contributed by atoms with Crippen LogP contribution in [0, 0.1) is 5.82 Å². The standard InChI is InChI=1S/C15H19FN4O.ClH/c1-17-9-13-3-2-8-20(13)10-14-18-15(19-21-14)11-4-6-12(16)7-5-11;/h4-7,13,17H,2-3,8-10H2,1H3;1H. The summed E-state index contributed by atoms with van der Waals surface area (Å²) in [6.07, 6.45) is 2.39. The maximum absolute atomic E-state index is 12.9. The quantitative estimate of drug-likeness (QED) is 0.915. The van der Waals surface area contributed by atoms with E-state index in [2.05, 4.69) is 20.4 Å². The summed E-state index contributed by atoms with van der Waals surface area (Å²) < 4.78 is 18.2. The summed E-state index contributed by atoms with van der Waals surface area (Å²) in [4.78, 5) is 6.77. The van der Waals surface area contributed by atoms with Gasteiger partial charge in [0.25, 0.3) is 0 Å². The molecule has 0 saturated carbocycles. The summed E-state index contributed by atoms with van der Waals surface area (Å²) in [7, 11) is 1.97. The van der Waals surface area contributed by atoms with E-state index in [1.165, 1.54) is 25.0 Å². The molecule has 120 valence electrons. The number of hydrogen-bond donors (Lipinski definition) is 1. The Hall–Kier alpha value is -1.50. The van der Waals surface area contributed by atoms with Gasteiger partial charge < -0.3 is 9.84 Å².